The molecule has 0 aliphatic heterocycles. The van der Waals surface area contributed by atoms with E-state index in [4.69, 9.17) is 5.73 Å². The van der Waals surface area contributed by atoms with Gasteiger partial charge >= 0.3 is 0 Å². The summed E-state index contributed by atoms with van der Waals surface area (Å²) in [5, 5.41) is 7.49. The lowest BCUT2D eigenvalue weighted by atomic mass is 10.0. The number of hydrogen-bond acceptors (Lipinski definition) is 2. The van der Waals surface area contributed by atoms with Crippen molar-refractivity contribution in [2.75, 3.05) is 5.32 Å². The molecule has 0 atom stereocenters. The van der Waals surface area contributed by atoms with Crippen molar-refractivity contribution in [2.45, 2.75) is 39.8 Å². The zero-order valence-electron chi connectivity index (χ0n) is 12.9. The van der Waals surface area contributed by atoms with Crippen LogP contribution in [-0.2, 0) is 13.1 Å². The molecule has 2 aromatic rings. The summed E-state index contributed by atoms with van der Waals surface area (Å²) in [6.45, 7) is 7.73. The average Bonchev–Trinajstić information content (AvgIpc) is 2.93. The van der Waals surface area contributed by atoms with Crippen molar-refractivity contribution in [3.63, 3.8) is 0 Å². The summed E-state index contributed by atoms with van der Waals surface area (Å²) in [5.41, 5.74) is 9.07. The van der Waals surface area contributed by atoms with E-state index in [-0.39, 0.29) is 0 Å². The van der Waals surface area contributed by atoms with Gasteiger partial charge in [0.25, 0.3) is 0 Å². The Labute approximate surface area is 125 Å². The molecule has 0 amide bonds. The van der Waals surface area contributed by atoms with Crippen LogP contribution in [0.1, 0.15) is 37.9 Å². The number of rotatable bonds is 5. The quantitative estimate of drug-likeness (QED) is 0.655. The van der Waals surface area contributed by atoms with Crippen LogP contribution in [-0.4, -0.2) is 15.7 Å². The topological polar surface area (TPSA) is 68.2 Å². The van der Waals surface area contributed by atoms with E-state index in [1.165, 1.54) is 5.56 Å². The smallest absolute Gasteiger partial charge is 0.193 e. The fraction of sp³-hybridized carbons (Fsp3) is 0.375. The summed E-state index contributed by atoms with van der Waals surface area (Å²) in [6, 6.07) is 10.2. The van der Waals surface area contributed by atoms with Gasteiger partial charge in [-0.2, -0.15) is 5.10 Å². The van der Waals surface area contributed by atoms with Crippen LogP contribution in [0.3, 0.4) is 0 Å². The first-order chi connectivity index (χ1) is 10.1. The molecule has 5 nitrogen and oxygen atoms in total. The SMILES string of the molecule is CCn1ccc(CN=C(N)Nc2cccc(C(C)C)c2)n1. The molecule has 0 spiro atoms. The summed E-state index contributed by atoms with van der Waals surface area (Å²) in [6.07, 6.45) is 1.95. The number of guanidine groups is 1. The average molecular weight is 285 g/mol. The van der Waals surface area contributed by atoms with Gasteiger partial charge in [0.2, 0.25) is 0 Å². The first kappa shape index (κ1) is 15.1. The standard InChI is InChI=1S/C16H23N5/c1-4-21-9-8-15(20-21)11-18-16(17)19-14-7-5-6-13(10-14)12(2)3/h5-10,12H,4,11H2,1-3H3,(H3,17,18,19). The fourth-order valence-corrected chi connectivity index (χ4v) is 1.99. The number of benzene rings is 1. The van der Waals surface area contributed by atoms with Crippen molar-refractivity contribution in [3.05, 3.63) is 47.8 Å². The van der Waals surface area contributed by atoms with Gasteiger partial charge in [0.05, 0.1) is 12.2 Å². The van der Waals surface area contributed by atoms with Gasteiger partial charge in [0.1, 0.15) is 0 Å². The molecule has 0 fully saturated rings. The van der Waals surface area contributed by atoms with Crippen molar-refractivity contribution in [2.24, 2.45) is 10.7 Å². The lowest BCUT2D eigenvalue weighted by molar-refractivity contribution is 0.647. The first-order valence-corrected chi connectivity index (χ1v) is 7.27. The second kappa shape index (κ2) is 6.92. The van der Waals surface area contributed by atoms with Crippen LogP contribution in [0.15, 0.2) is 41.5 Å². The zero-order valence-corrected chi connectivity index (χ0v) is 12.9. The molecular weight excluding hydrogens is 262 g/mol. The van der Waals surface area contributed by atoms with Crippen molar-refractivity contribution >= 4 is 11.6 Å². The third-order valence-electron chi connectivity index (χ3n) is 3.26. The van der Waals surface area contributed by atoms with Crippen LogP contribution in [0.4, 0.5) is 5.69 Å². The van der Waals surface area contributed by atoms with E-state index >= 15 is 0 Å². The molecule has 0 aliphatic rings. The molecule has 3 N–H and O–H groups in total. The Balaban J connectivity index is 1.98. The number of hydrogen-bond donors (Lipinski definition) is 2. The summed E-state index contributed by atoms with van der Waals surface area (Å²) in [7, 11) is 0. The number of aliphatic imine (C=N–C) groups is 1. The molecular formula is C16H23N5. The van der Waals surface area contributed by atoms with E-state index in [1.54, 1.807) is 0 Å². The molecule has 112 valence electrons. The van der Waals surface area contributed by atoms with Crippen molar-refractivity contribution in [1.82, 2.24) is 9.78 Å². The predicted molar refractivity (Wildman–Crippen MR) is 87.4 cm³/mol. The maximum absolute atomic E-state index is 5.92. The molecule has 0 aliphatic carbocycles. The number of aryl methyl sites for hydroxylation is 1. The van der Waals surface area contributed by atoms with Crippen LogP contribution in [0.5, 0.6) is 0 Å². The summed E-state index contributed by atoms with van der Waals surface area (Å²) in [5.74, 6) is 0.893. The van der Waals surface area contributed by atoms with Gasteiger partial charge in [-0.3, -0.25) is 4.68 Å². The molecule has 5 heteroatoms. The van der Waals surface area contributed by atoms with E-state index in [0.717, 1.165) is 17.9 Å². The molecule has 21 heavy (non-hydrogen) atoms. The molecule has 0 saturated heterocycles. The lowest BCUT2D eigenvalue weighted by Crippen LogP contribution is -2.22. The molecule has 0 unspecified atom stereocenters. The van der Waals surface area contributed by atoms with Gasteiger partial charge in [-0.1, -0.05) is 26.0 Å². The minimum Gasteiger partial charge on any atom is -0.370 e. The lowest BCUT2D eigenvalue weighted by Gasteiger charge is -2.09. The monoisotopic (exact) mass is 285 g/mol. The van der Waals surface area contributed by atoms with Gasteiger partial charge in [-0.15, -0.1) is 0 Å². The Morgan fingerprint density at radius 2 is 2.19 bits per heavy atom. The highest BCUT2D eigenvalue weighted by atomic mass is 15.3. The minimum absolute atomic E-state index is 0.405. The molecule has 1 aromatic carbocycles. The Morgan fingerprint density at radius 3 is 2.86 bits per heavy atom. The molecule has 0 radical (unpaired) electrons. The van der Waals surface area contributed by atoms with E-state index in [2.05, 4.69) is 48.3 Å². The number of anilines is 1. The van der Waals surface area contributed by atoms with E-state index in [0.29, 0.717) is 18.4 Å². The van der Waals surface area contributed by atoms with E-state index in [1.807, 2.05) is 29.1 Å². The van der Waals surface area contributed by atoms with Gasteiger partial charge in [0.15, 0.2) is 5.96 Å². The minimum atomic E-state index is 0.405. The maximum atomic E-state index is 5.92. The zero-order chi connectivity index (χ0) is 15.2. The van der Waals surface area contributed by atoms with Crippen molar-refractivity contribution < 1.29 is 0 Å². The maximum Gasteiger partial charge on any atom is 0.193 e. The van der Waals surface area contributed by atoms with E-state index < -0.39 is 0 Å². The number of nitrogens with one attached hydrogen (secondary N) is 1. The van der Waals surface area contributed by atoms with Crippen LogP contribution in [0, 0.1) is 0 Å². The number of nitrogens with zero attached hydrogens (tertiary/aromatic N) is 3. The summed E-state index contributed by atoms with van der Waals surface area (Å²) < 4.78 is 1.88. The second-order valence-corrected chi connectivity index (χ2v) is 5.27. The largest absolute Gasteiger partial charge is 0.370 e. The second-order valence-electron chi connectivity index (χ2n) is 5.27. The number of aromatic nitrogens is 2. The highest BCUT2D eigenvalue weighted by Gasteiger charge is 2.02. The fourth-order valence-electron chi connectivity index (χ4n) is 1.99. The first-order valence-electron chi connectivity index (χ1n) is 7.27. The third-order valence-corrected chi connectivity index (χ3v) is 3.26. The molecule has 2 rings (SSSR count). The van der Waals surface area contributed by atoms with Gasteiger partial charge in [0, 0.05) is 18.4 Å². The highest BCUT2D eigenvalue weighted by Crippen LogP contribution is 2.18. The summed E-state index contributed by atoms with van der Waals surface area (Å²) >= 11 is 0. The Kier molecular flexibility index (Phi) is 4.98. The van der Waals surface area contributed by atoms with Crippen molar-refractivity contribution in [3.8, 4) is 0 Å². The van der Waals surface area contributed by atoms with E-state index in [9.17, 15) is 0 Å². The molecule has 0 bridgehead atoms. The Morgan fingerprint density at radius 1 is 1.38 bits per heavy atom. The van der Waals surface area contributed by atoms with Gasteiger partial charge < -0.3 is 11.1 Å². The third kappa shape index (κ3) is 4.34. The normalized spacial score (nSPS) is 11.9. The summed E-state index contributed by atoms with van der Waals surface area (Å²) in [4.78, 5) is 4.32. The van der Waals surface area contributed by atoms with Crippen LogP contribution < -0.4 is 11.1 Å². The molecule has 1 heterocycles. The molecule has 1 aromatic heterocycles. The van der Waals surface area contributed by atoms with Crippen molar-refractivity contribution in [1.29, 1.82) is 0 Å². The van der Waals surface area contributed by atoms with Gasteiger partial charge in [-0.25, -0.2) is 4.99 Å². The van der Waals surface area contributed by atoms with Crippen LogP contribution in [0.25, 0.3) is 0 Å². The Bertz CT molecular complexity index is 613. The highest BCUT2D eigenvalue weighted by molar-refractivity contribution is 5.92. The van der Waals surface area contributed by atoms with Crippen LogP contribution >= 0.6 is 0 Å². The van der Waals surface area contributed by atoms with Crippen LogP contribution in [0.2, 0.25) is 0 Å². The Hall–Kier alpha value is -2.30. The molecule has 0 saturated carbocycles. The van der Waals surface area contributed by atoms with Gasteiger partial charge in [-0.05, 0) is 36.6 Å². The predicted octanol–water partition coefficient (Wildman–Crippen LogP) is 2.95. The number of nitrogens with two attached hydrogens (primary N) is 1.